The molecule has 0 radical (unpaired) electrons. The molecule has 0 atom stereocenters. The SMILES string of the molecule is CCC(CC)c1c(C#N)nnn1CCOc1cccc(C)c1. The summed E-state index contributed by atoms with van der Waals surface area (Å²) in [6.07, 6.45) is 1.94. The highest BCUT2D eigenvalue weighted by molar-refractivity contribution is 5.28. The number of nitrogens with zero attached hydrogens (tertiary/aromatic N) is 4. The fourth-order valence-electron chi connectivity index (χ4n) is 2.60. The van der Waals surface area contributed by atoms with E-state index in [0.717, 1.165) is 24.3 Å². The van der Waals surface area contributed by atoms with E-state index in [9.17, 15) is 5.26 Å². The van der Waals surface area contributed by atoms with Gasteiger partial charge in [0, 0.05) is 5.92 Å². The van der Waals surface area contributed by atoms with Gasteiger partial charge >= 0.3 is 0 Å². The van der Waals surface area contributed by atoms with Crippen LogP contribution < -0.4 is 4.74 Å². The average Bonchev–Trinajstić information content (AvgIpc) is 2.92. The van der Waals surface area contributed by atoms with Gasteiger partial charge in [-0.2, -0.15) is 5.26 Å². The van der Waals surface area contributed by atoms with Gasteiger partial charge in [0.1, 0.15) is 18.4 Å². The van der Waals surface area contributed by atoms with Crippen LogP contribution in [0.5, 0.6) is 5.75 Å². The smallest absolute Gasteiger partial charge is 0.186 e. The zero-order valence-electron chi connectivity index (χ0n) is 13.4. The van der Waals surface area contributed by atoms with Gasteiger partial charge in [0.05, 0.1) is 12.2 Å². The first-order chi connectivity index (χ1) is 10.7. The molecule has 2 aromatic rings. The molecule has 22 heavy (non-hydrogen) atoms. The Morgan fingerprint density at radius 3 is 2.73 bits per heavy atom. The Bertz CT molecular complexity index is 653. The van der Waals surface area contributed by atoms with Gasteiger partial charge in [-0.25, -0.2) is 4.68 Å². The first-order valence-electron chi connectivity index (χ1n) is 7.72. The maximum absolute atomic E-state index is 9.21. The molecule has 0 fully saturated rings. The van der Waals surface area contributed by atoms with E-state index in [4.69, 9.17) is 4.74 Å². The highest BCUT2D eigenvalue weighted by atomic mass is 16.5. The molecule has 0 unspecified atom stereocenters. The van der Waals surface area contributed by atoms with Crippen molar-refractivity contribution in [2.45, 2.75) is 46.1 Å². The first-order valence-corrected chi connectivity index (χ1v) is 7.72. The number of aryl methyl sites for hydroxylation is 1. The van der Waals surface area contributed by atoms with Gasteiger partial charge in [-0.05, 0) is 37.5 Å². The largest absolute Gasteiger partial charge is 0.492 e. The lowest BCUT2D eigenvalue weighted by molar-refractivity contribution is 0.285. The van der Waals surface area contributed by atoms with E-state index in [0.29, 0.717) is 24.8 Å². The highest BCUT2D eigenvalue weighted by Crippen LogP contribution is 2.24. The summed E-state index contributed by atoms with van der Waals surface area (Å²) in [7, 11) is 0. The number of hydrogen-bond donors (Lipinski definition) is 0. The maximum atomic E-state index is 9.21. The summed E-state index contributed by atoms with van der Waals surface area (Å²) < 4.78 is 7.58. The van der Waals surface area contributed by atoms with Crippen molar-refractivity contribution in [1.29, 1.82) is 5.26 Å². The van der Waals surface area contributed by atoms with Crippen LogP contribution >= 0.6 is 0 Å². The quantitative estimate of drug-likeness (QED) is 0.785. The van der Waals surface area contributed by atoms with Gasteiger partial charge in [-0.1, -0.05) is 31.2 Å². The molecule has 1 aromatic carbocycles. The molecule has 1 aromatic heterocycles. The predicted octanol–water partition coefficient (Wildman–Crippen LogP) is 3.44. The van der Waals surface area contributed by atoms with Crippen LogP contribution in [0.1, 0.15) is 49.6 Å². The molecule has 0 aliphatic heterocycles. The third kappa shape index (κ3) is 3.64. The molecule has 0 aliphatic carbocycles. The molecule has 0 aliphatic rings. The second kappa shape index (κ2) is 7.60. The van der Waals surface area contributed by atoms with Crippen LogP contribution in [0.2, 0.25) is 0 Å². The fraction of sp³-hybridized carbons (Fsp3) is 0.471. The number of nitriles is 1. The van der Waals surface area contributed by atoms with Crippen molar-refractivity contribution in [2.24, 2.45) is 0 Å². The first kappa shape index (κ1) is 16.0. The Morgan fingerprint density at radius 1 is 1.32 bits per heavy atom. The summed E-state index contributed by atoms with van der Waals surface area (Å²) in [6, 6.07) is 10.1. The van der Waals surface area contributed by atoms with E-state index in [1.54, 1.807) is 0 Å². The topological polar surface area (TPSA) is 63.7 Å². The monoisotopic (exact) mass is 298 g/mol. The van der Waals surface area contributed by atoms with Crippen LogP contribution in [0.25, 0.3) is 0 Å². The Morgan fingerprint density at radius 2 is 2.09 bits per heavy atom. The Kier molecular flexibility index (Phi) is 5.54. The third-order valence-corrected chi connectivity index (χ3v) is 3.81. The minimum atomic E-state index is 0.309. The molecule has 1 heterocycles. The van der Waals surface area contributed by atoms with Crippen molar-refractivity contribution >= 4 is 0 Å². The van der Waals surface area contributed by atoms with Gasteiger partial charge < -0.3 is 4.74 Å². The van der Waals surface area contributed by atoms with Crippen LogP contribution in [-0.2, 0) is 6.54 Å². The normalized spacial score (nSPS) is 10.7. The van der Waals surface area contributed by atoms with Gasteiger partial charge in [0.2, 0.25) is 0 Å². The number of rotatable bonds is 7. The van der Waals surface area contributed by atoms with Crippen LogP contribution in [0.15, 0.2) is 24.3 Å². The minimum Gasteiger partial charge on any atom is -0.492 e. The molecule has 0 bridgehead atoms. The summed E-state index contributed by atoms with van der Waals surface area (Å²) in [6.45, 7) is 7.37. The van der Waals surface area contributed by atoms with E-state index in [1.807, 2.05) is 35.9 Å². The van der Waals surface area contributed by atoms with E-state index < -0.39 is 0 Å². The van der Waals surface area contributed by atoms with Gasteiger partial charge in [0.15, 0.2) is 5.69 Å². The number of aromatic nitrogens is 3. The molecule has 5 nitrogen and oxygen atoms in total. The van der Waals surface area contributed by atoms with Gasteiger partial charge in [-0.15, -0.1) is 5.10 Å². The molecule has 0 saturated heterocycles. The fourth-order valence-corrected chi connectivity index (χ4v) is 2.60. The van der Waals surface area contributed by atoms with Crippen molar-refractivity contribution in [1.82, 2.24) is 15.0 Å². The second-order valence-corrected chi connectivity index (χ2v) is 5.34. The Hall–Kier alpha value is -2.35. The minimum absolute atomic E-state index is 0.309. The van der Waals surface area contributed by atoms with Gasteiger partial charge in [0.25, 0.3) is 0 Å². The molecule has 0 saturated carbocycles. The lowest BCUT2D eigenvalue weighted by Crippen LogP contribution is -2.15. The molecule has 0 amide bonds. The average molecular weight is 298 g/mol. The number of benzene rings is 1. The van der Waals surface area contributed by atoms with Crippen LogP contribution in [-0.4, -0.2) is 21.6 Å². The lowest BCUT2D eigenvalue weighted by Gasteiger charge is -2.15. The van der Waals surface area contributed by atoms with Crippen LogP contribution in [0, 0.1) is 18.3 Å². The van der Waals surface area contributed by atoms with E-state index >= 15 is 0 Å². The molecule has 5 heteroatoms. The number of ether oxygens (including phenoxy) is 1. The standard InChI is InChI=1S/C17H22N4O/c1-4-14(5-2)17-16(12-18)19-20-21(17)9-10-22-15-8-6-7-13(3)11-15/h6-8,11,14H,4-5,9-10H2,1-3H3. The van der Waals surface area contributed by atoms with Crippen molar-refractivity contribution in [3.05, 3.63) is 41.2 Å². The maximum Gasteiger partial charge on any atom is 0.186 e. The van der Waals surface area contributed by atoms with Crippen molar-refractivity contribution in [2.75, 3.05) is 6.61 Å². The summed E-state index contributed by atoms with van der Waals surface area (Å²) in [5.41, 5.74) is 2.53. The second-order valence-electron chi connectivity index (χ2n) is 5.34. The summed E-state index contributed by atoms with van der Waals surface area (Å²) in [4.78, 5) is 0. The Balaban J connectivity index is 2.07. The van der Waals surface area contributed by atoms with Crippen LogP contribution in [0.3, 0.4) is 0 Å². The van der Waals surface area contributed by atoms with E-state index in [2.05, 4.69) is 30.2 Å². The van der Waals surface area contributed by atoms with E-state index in [1.165, 1.54) is 5.56 Å². The van der Waals surface area contributed by atoms with Crippen molar-refractivity contribution in [3.63, 3.8) is 0 Å². The van der Waals surface area contributed by atoms with E-state index in [-0.39, 0.29) is 0 Å². The molecule has 0 spiro atoms. The molecule has 0 N–H and O–H groups in total. The molecule has 2 rings (SSSR count). The molecular weight excluding hydrogens is 276 g/mol. The highest BCUT2D eigenvalue weighted by Gasteiger charge is 2.19. The van der Waals surface area contributed by atoms with Gasteiger partial charge in [-0.3, -0.25) is 0 Å². The summed E-state index contributed by atoms with van der Waals surface area (Å²) in [5, 5.41) is 17.3. The van der Waals surface area contributed by atoms with Crippen LogP contribution in [0.4, 0.5) is 0 Å². The zero-order valence-corrected chi connectivity index (χ0v) is 13.4. The number of hydrogen-bond acceptors (Lipinski definition) is 4. The van der Waals surface area contributed by atoms with Crippen molar-refractivity contribution in [3.8, 4) is 11.8 Å². The zero-order chi connectivity index (χ0) is 15.9. The summed E-state index contributed by atoms with van der Waals surface area (Å²) >= 11 is 0. The molecule has 116 valence electrons. The summed E-state index contributed by atoms with van der Waals surface area (Å²) in [5.74, 6) is 1.16. The van der Waals surface area contributed by atoms with Crippen molar-refractivity contribution < 1.29 is 4.74 Å². The predicted molar refractivity (Wildman–Crippen MR) is 84.7 cm³/mol. The lowest BCUT2D eigenvalue weighted by atomic mass is 9.98. The third-order valence-electron chi connectivity index (χ3n) is 3.81. The molecular formula is C17H22N4O. The Labute approximate surface area is 131 Å².